The van der Waals surface area contributed by atoms with E-state index in [0.29, 0.717) is 30.6 Å². The fourth-order valence-electron chi connectivity index (χ4n) is 2.02. The normalized spacial score (nSPS) is 11.2. The summed E-state index contributed by atoms with van der Waals surface area (Å²) in [5.41, 5.74) is 0.857. The van der Waals surface area contributed by atoms with Gasteiger partial charge in [0.1, 0.15) is 6.10 Å². The SMILES string of the molecule is CCCC#CCC(CC)OC(=O)c1ccc(C(=O)OCCCC)cc1. The first-order chi connectivity index (χ1) is 12.1. The van der Waals surface area contributed by atoms with Crippen molar-refractivity contribution in [1.29, 1.82) is 0 Å². The fourth-order valence-corrected chi connectivity index (χ4v) is 2.02. The summed E-state index contributed by atoms with van der Waals surface area (Å²) < 4.78 is 10.6. The molecule has 0 radical (unpaired) electrons. The van der Waals surface area contributed by atoms with Crippen LogP contribution in [0.4, 0.5) is 0 Å². The van der Waals surface area contributed by atoms with Crippen molar-refractivity contribution in [1.82, 2.24) is 0 Å². The Morgan fingerprint density at radius 1 is 0.960 bits per heavy atom. The Morgan fingerprint density at radius 3 is 2.16 bits per heavy atom. The van der Waals surface area contributed by atoms with Gasteiger partial charge in [-0.25, -0.2) is 9.59 Å². The maximum Gasteiger partial charge on any atom is 0.338 e. The molecule has 1 atom stereocenters. The highest BCUT2D eigenvalue weighted by atomic mass is 16.5. The number of hydrogen-bond donors (Lipinski definition) is 0. The number of esters is 2. The summed E-state index contributed by atoms with van der Waals surface area (Å²) in [5, 5.41) is 0. The molecule has 0 bridgehead atoms. The Bertz CT molecular complexity index is 593. The Balaban J connectivity index is 2.58. The first kappa shape index (κ1) is 20.8. The lowest BCUT2D eigenvalue weighted by Crippen LogP contribution is -2.17. The predicted octanol–water partition coefficient (Wildman–Crippen LogP) is 4.77. The van der Waals surface area contributed by atoms with Gasteiger partial charge in [-0.05, 0) is 43.5 Å². The van der Waals surface area contributed by atoms with E-state index in [1.54, 1.807) is 24.3 Å². The van der Waals surface area contributed by atoms with Crippen molar-refractivity contribution in [3.8, 4) is 11.8 Å². The van der Waals surface area contributed by atoms with Crippen LogP contribution in [0, 0.1) is 11.8 Å². The Hall–Kier alpha value is -2.28. The van der Waals surface area contributed by atoms with Gasteiger partial charge in [0.2, 0.25) is 0 Å². The maximum absolute atomic E-state index is 12.2. The zero-order valence-electron chi connectivity index (χ0n) is 15.5. The molecule has 0 heterocycles. The third-order valence-corrected chi connectivity index (χ3v) is 3.65. The zero-order chi connectivity index (χ0) is 18.5. The molecule has 0 aliphatic carbocycles. The number of unbranched alkanes of at least 4 members (excludes halogenated alkanes) is 2. The van der Waals surface area contributed by atoms with Crippen LogP contribution in [0.5, 0.6) is 0 Å². The smallest absolute Gasteiger partial charge is 0.338 e. The van der Waals surface area contributed by atoms with Crippen molar-refractivity contribution in [3.63, 3.8) is 0 Å². The number of carbonyl (C=O) groups is 2. The van der Waals surface area contributed by atoms with Gasteiger partial charge in [0.05, 0.1) is 17.7 Å². The van der Waals surface area contributed by atoms with Crippen LogP contribution in [0.3, 0.4) is 0 Å². The predicted molar refractivity (Wildman–Crippen MR) is 98.4 cm³/mol. The quantitative estimate of drug-likeness (QED) is 0.368. The lowest BCUT2D eigenvalue weighted by atomic mass is 10.1. The largest absolute Gasteiger partial charge is 0.462 e. The molecule has 1 unspecified atom stereocenters. The summed E-state index contributed by atoms with van der Waals surface area (Å²) in [5.74, 6) is 5.35. The molecule has 0 aliphatic rings. The number of benzene rings is 1. The zero-order valence-corrected chi connectivity index (χ0v) is 15.5. The van der Waals surface area contributed by atoms with Crippen molar-refractivity contribution >= 4 is 11.9 Å². The van der Waals surface area contributed by atoms with E-state index >= 15 is 0 Å². The van der Waals surface area contributed by atoms with Crippen LogP contribution in [0.15, 0.2) is 24.3 Å². The van der Waals surface area contributed by atoms with Crippen LogP contribution in [-0.2, 0) is 9.47 Å². The third kappa shape index (κ3) is 7.89. The molecule has 4 heteroatoms. The summed E-state index contributed by atoms with van der Waals surface area (Å²) >= 11 is 0. The molecular weight excluding hydrogens is 316 g/mol. The molecule has 1 aromatic rings. The van der Waals surface area contributed by atoms with Gasteiger partial charge < -0.3 is 9.47 Å². The molecule has 1 rings (SSSR count). The van der Waals surface area contributed by atoms with Gasteiger partial charge >= 0.3 is 11.9 Å². The minimum atomic E-state index is -0.393. The van der Waals surface area contributed by atoms with Crippen LogP contribution in [0.1, 0.15) is 80.0 Å². The standard InChI is InChI=1S/C21H28O4/c1-4-7-9-10-11-19(6-3)25-21(23)18-14-12-17(13-15-18)20(22)24-16-8-5-2/h12-15,19H,4-8,11,16H2,1-3H3. The van der Waals surface area contributed by atoms with Gasteiger partial charge in [0.15, 0.2) is 0 Å². The van der Waals surface area contributed by atoms with E-state index in [0.717, 1.165) is 25.7 Å². The summed E-state index contributed by atoms with van der Waals surface area (Å²) in [4.78, 5) is 24.1. The molecule has 0 aliphatic heterocycles. The molecule has 0 saturated carbocycles. The second kappa shape index (κ2) is 12.1. The van der Waals surface area contributed by atoms with Crippen LogP contribution >= 0.6 is 0 Å². The van der Waals surface area contributed by atoms with Gasteiger partial charge in [-0.2, -0.15) is 0 Å². The van der Waals surface area contributed by atoms with Crippen molar-refractivity contribution in [2.24, 2.45) is 0 Å². The molecule has 0 fully saturated rings. The van der Waals surface area contributed by atoms with Crippen molar-refractivity contribution in [2.45, 2.75) is 65.4 Å². The molecule has 0 N–H and O–H groups in total. The van der Waals surface area contributed by atoms with E-state index < -0.39 is 5.97 Å². The molecule has 4 nitrogen and oxygen atoms in total. The molecule has 0 saturated heterocycles. The summed E-state index contributed by atoms with van der Waals surface area (Å²) in [6.45, 7) is 6.49. The lowest BCUT2D eigenvalue weighted by molar-refractivity contribution is 0.0303. The second-order valence-electron chi connectivity index (χ2n) is 5.81. The molecule has 0 aromatic heterocycles. The summed E-state index contributed by atoms with van der Waals surface area (Å²) in [6.07, 6.45) is 4.75. The van der Waals surface area contributed by atoms with Crippen molar-refractivity contribution in [3.05, 3.63) is 35.4 Å². The van der Waals surface area contributed by atoms with Gasteiger partial charge in [-0.3, -0.25) is 0 Å². The first-order valence-electron chi connectivity index (χ1n) is 9.06. The lowest BCUT2D eigenvalue weighted by Gasteiger charge is -2.13. The molecular formula is C21H28O4. The second-order valence-corrected chi connectivity index (χ2v) is 5.81. The summed E-state index contributed by atoms with van der Waals surface area (Å²) in [6, 6.07) is 6.36. The maximum atomic E-state index is 12.2. The Morgan fingerprint density at radius 2 is 1.60 bits per heavy atom. The highest BCUT2D eigenvalue weighted by molar-refractivity contribution is 5.93. The number of carbonyl (C=O) groups excluding carboxylic acids is 2. The minimum Gasteiger partial charge on any atom is -0.462 e. The first-order valence-corrected chi connectivity index (χ1v) is 9.06. The average Bonchev–Trinajstić information content (AvgIpc) is 2.64. The van der Waals surface area contributed by atoms with Crippen LogP contribution in [-0.4, -0.2) is 24.6 Å². The van der Waals surface area contributed by atoms with Gasteiger partial charge in [0, 0.05) is 12.8 Å². The van der Waals surface area contributed by atoms with E-state index in [1.807, 2.05) is 13.8 Å². The van der Waals surface area contributed by atoms with Gasteiger partial charge in [-0.15, -0.1) is 5.92 Å². The molecule has 0 spiro atoms. The van der Waals surface area contributed by atoms with E-state index in [2.05, 4.69) is 18.8 Å². The van der Waals surface area contributed by atoms with Gasteiger partial charge in [-0.1, -0.05) is 33.1 Å². The molecule has 25 heavy (non-hydrogen) atoms. The summed E-state index contributed by atoms with van der Waals surface area (Å²) in [7, 11) is 0. The number of rotatable bonds is 9. The number of ether oxygens (including phenoxy) is 2. The third-order valence-electron chi connectivity index (χ3n) is 3.65. The fraction of sp³-hybridized carbons (Fsp3) is 0.524. The average molecular weight is 344 g/mol. The number of hydrogen-bond acceptors (Lipinski definition) is 4. The minimum absolute atomic E-state index is 0.212. The monoisotopic (exact) mass is 344 g/mol. The molecule has 1 aromatic carbocycles. The van der Waals surface area contributed by atoms with Crippen LogP contribution in [0.2, 0.25) is 0 Å². The Labute approximate surface area is 150 Å². The van der Waals surface area contributed by atoms with Crippen molar-refractivity contribution in [2.75, 3.05) is 6.61 Å². The van der Waals surface area contributed by atoms with E-state index in [1.165, 1.54) is 0 Å². The van der Waals surface area contributed by atoms with E-state index in [9.17, 15) is 9.59 Å². The van der Waals surface area contributed by atoms with Gasteiger partial charge in [0.25, 0.3) is 0 Å². The Kier molecular flexibility index (Phi) is 10.1. The van der Waals surface area contributed by atoms with E-state index in [-0.39, 0.29) is 12.1 Å². The highest BCUT2D eigenvalue weighted by Crippen LogP contribution is 2.11. The van der Waals surface area contributed by atoms with Crippen molar-refractivity contribution < 1.29 is 19.1 Å². The molecule has 136 valence electrons. The highest BCUT2D eigenvalue weighted by Gasteiger charge is 2.15. The van der Waals surface area contributed by atoms with E-state index in [4.69, 9.17) is 9.47 Å². The topological polar surface area (TPSA) is 52.6 Å². The van der Waals surface area contributed by atoms with Crippen LogP contribution < -0.4 is 0 Å². The van der Waals surface area contributed by atoms with Crippen LogP contribution in [0.25, 0.3) is 0 Å². The molecule has 0 amide bonds.